The fourth-order valence-electron chi connectivity index (χ4n) is 3.65. The van der Waals surface area contributed by atoms with Crippen molar-refractivity contribution in [2.75, 3.05) is 20.2 Å². The average Bonchev–Trinajstić information content (AvgIpc) is 2.90. The van der Waals surface area contributed by atoms with Gasteiger partial charge in [-0.05, 0) is 31.6 Å². The lowest BCUT2D eigenvalue weighted by atomic mass is 9.90. The molecule has 19 heavy (non-hydrogen) atoms. The molecular weight excluding hydrogens is 240 g/mol. The minimum atomic E-state index is -0.168. The van der Waals surface area contributed by atoms with Crippen molar-refractivity contribution in [1.29, 1.82) is 0 Å². The van der Waals surface area contributed by atoms with E-state index in [1.165, 1.54) is 52.1 Å². The van der Waals surface area contributed by atoms with Crippen molar-refractivity contribution in [3.63, 3.8) is 0 Å². The Kier molecular flexibility index (Phi) is 5.49. The van der Waals surface area contributed by atoms with Crippen LogP contribution in [-0.4, -0.2) is 43.3 Å². The van der Waals surface area contributed by atoms with Crippen molar-refractivity contribution in [1.82, 2.24) is 10.2 Å². The Labute approximate surface area is 116 Å². The molecule has 1 N–H and O–H groups in total. The van der Waals surface area contributed by atoms with Gasteiger partial charge in [0.25, 0.3) is 0 Å². The van der Waals surface area contributed by atoms with E-state index in [1.807, 2.05) is 4.90 Å². The predicted octanol–water partition coefficient (Wildman–Crippen LogP) is 2.78. The highest BCUT2D eigenvalue weighted by Gasteiger charge is 2.31. The van der Waals surface area contributed by atoms with Crippen molar-refractivity contribution in [3.05, 3.63) is 0 Å². The first-order valence-electron chi connectivity index (χ1n) is 7.81. The number of nitrogens with one attached hydrogen (secondary N) is 1. The number of ether oxygens (including phenoxy) is 1. The number of likely N-dealkylation sites (tertiary alicyclic amines) is 1. The second-order valence-electron chi connectivity index (χ2n) is 6.11. The predicted molar refractivity (Wildman–Crippen MR) is 76.2 cm³/mol. The van der Waals surface area contributed by atoms with Crippen LogP contribution in [0.15, 0.2) is 0 Å². The normalized spacial score (nSPS) is 28.6. The van der Waals surface area contributed by atoms with Gasteiger partial charge in [-0.1, -0.05) is 26.2 Å². The van der Waals surface area contributed by atoms with Crippen LogP contribution in [-0.2, 0) is 4.74 Å². The van der Waals surface area contributed by atoms with Crippen LogP contribution in [0.4, 0.5) is 4.79 Å². The third kappa shape index (κ3) is 4.10. The molecular formula is C15H28N2O2. The molecule has 2 unspecified atom stereocenters. The number of carbonyl (C=O) groups is 1. The fourth-order valence-corrected chi connectivity index (χ4v) is 3.65. The molecule has 1 saturated heterocycles. The SMILES string of the molecule is CCCC1CC(NC2CCCC2)CN(C(=O)OC)C1. The zero-order valence-electron chi connectivity index (χ0n) is 12.4. The first kappa shape index (κ1) is 14.6. The summed E-state index contributed by atoms with van der Waals surface area (Å²) in [6.45, 7) is 3.89. The summed E-state index contributed by atoms with van der Waals surface area (Å²) >= 11 is 0. The highest BCUT2D eigenvalue weighted by molar-refractivity contribution is 5.67. The molecule has 0 aromatic heterocycles. The van der Waals surface area contributed by atoms with Crippen molar-refractivity contribution in [2.24, 2.45) is 5.92 Å². The molecule has 110 valence electrons. The Hall–Kier alpha value is -0.770. The lowest BCUT2D eigenvalue weighted by Gasteiger charge is -2.38. The van der Waals surface area contributed by atoms with Crippen molar-refractivity contribution in [3.8, 4) is 0 Å². The first-order valence-corrected chi connectivity index (χ1v) is 7.81. The van der Waals surface area contributed by atoms with E-state index in [4.69, 9.17) is 4.74 Å². The maximum absolute atomic E-state index is 11.8. The Bertz CT molecular complexity index is 290. The molecule has 1 saturated carbocycles. The highest BCUT2D eigenvalue weighted by atomic mass is 16.5. The summed E-state index contributed by atoms with van der Waals surface area (Å²) in [6.07, 6.45) is 8.73. The molecule has 0 aromatic rings. The van der Waals surface area contributed by atoms with Crippen molar-refractivity contribution in [2.45, 2.75) is 64.0 Å². The van der Waals surface area contributed by atoms with Crippen LogP contribution < -0.4 is 5.32 Å². The monoisotopic (exact) mass is 268 g/mol. The van der Waals surface area contributed by atoms with Crippen molar-refractivity contribution < 1.29 is 9.53 Å². The average molecular weight is 268 g/mol. The van der Waals surface area contributed by atoms with E-state index in [2.05, 4.69) is 12.2 Å². The Morgan fingerprint density at radius 1 is 1.26 bits per heavy atom. The number of hydrogen-bond donors (Lipinski definition) is 1. The number of piperidine rings is 1. The van der Waals surface area contributed by atoms with Crippen LogP contribution in [0, 0.1) is 5.92 Å². The molecule has 1 amide bonds. The largest absolute Gasteiger partial charge is 0.453 e. The van der Waals surface area contributed by atoms with Gasteiger partial charge < -0.3 is 15.0 Å². The second-order valence-corrected chi connectivity index (χ2v) is 6.11. The van der Waals surface area contributed by atoms with Gasteiger partial charge in [0, 0.05) is 25.2 Å². The van der Waals surface area contributed by atoms with Gasteiger partial charge in [0.05, 0.1) is 7.11 Å². The minimum Gasteiger partial charge on any atom is -0.453 e. The minimum absolute atomic E-state index is 0.168. The van der Waals surface area contributed by atoms with Gasteiger partial charge in [-0.15, -0.1) is 0 Å². The van der Waals surface area contributed by atoms with Gasteiger partial charge in [-0.3, -0.25) is 0 Å². The maximum Gasteiger partial charge on any atom is 0.409 e. The summed E-state index contributed by atoms with van der Waals surface area (Å²) in [7, 11) is 1.48. The van der Waals surface area contributed by atoms with Crippen LogP contribution in [0.5, 0.6) is 0 Å². The van der Waals surface area contributed by atoms with Crippen LogP contribution in [0.2, 0.25) is 0 Å². The van der Waals surface area contributed by atoms with E-state index < -0.39 is 0 Å². The highest BCUT2D eigenvalue weighted by Crippen LogP contribution is 2.25. The molecule has 4 nitrogen and oxygen atoms in total. The summed E-state index contributed by atoms with van der Waals surface area (Å²) in [5.74, 6) is 0.622. The smallest absolute Gasteiger partial charge is 0.409 e. The van der Waals surface area contributed by atoms with Gasteiger partial charge in [0.1, 0.15) is 0 Å². The van der Waals surface area contributed by atoms with Gasteiger partial charge in [0.15, 0.2) is 0 Å². The van der Waals surface area contributed by atoms with Crippen LogP contribution in [0.25, 0.3) is 0 Å². The molecule has 2 rings (SSSR count). The summed E-state index contributed by atoms with van der Waals surface area (Å²) in [5, 5.41) is 3.77. The Morgan fingerprint density at radius 2 is 2.00 bits per heavy atom. The molecule has 2 atom stereocenters. The van der Waals surface area contributed by atoms with E-state index in [0.29, 0.717) is 18.0 Å². The molecule has 0 spiro atoms. The number of carbonyl (C=O) groups excluding carboxylic acids is 1. The zero-order valence-corrected chi connectivity index (χ0v) is 12.4. The molecule has 1 aliphatic heterocycles. The fraction of sp³-hybridized carbons (Fsp3) is 0.933. The summed E-state index contributed by atoms with van der Waals surface area (Å²) in [4.78, 5) is 13.7. The molecule has 0 bridgehead atoms. The third-order valence-electron chi connectivity index (χ3n) is 4.49. The molecule has 1 heterocycles. The Morgan fingerprint density at radius 3 is 2.63 bits per heavy atom. The van der Waals surface area contributed by atoms with Gasteiger partial charge in [-0.2, -0.15) is 0 Å². The number of methoxy groups -OCH3 is 1. The quantitative estimate of drug-likeness (QED) is 0.852. The van der Waals surface area contributed by atoms with E-state index in [0.717, 1.165) is 13.1 Å². The summed E-state index contributed by atoms with van der Waals surface area (Å²) in [5.41, 5.74) is 0. The molecule has 1 aliphatic carbocycles. The summed E-state index contributed by atoms with van der Waals surface area (Å²) < 4.78 is 4.89. The van der Waals surface area contributed by atoms with Crippen LogP contribution in [0.1, 0.15) is 51.9 Å². The second kappa shape index (κ2) is 7.13. The standard InChI is InChI=1S/C15H28N2O2/c1-3-6-12-9-14(16-13-7-4-5-8-13)11-17(10-12)15(18)19-2/h12-14,16H,3-11H2,1-2H3. The van der Waals surface area contributed by atoms with E-state index in [1.54, 1.807) is 0 Å². The van der Waals surface area contributed by atoms with E-state index in [-0.39, 0.29) is 6.09 Å². The van der Waals surface area contributed by atoms with Crippen LogP contribution >= 0.6 is 0 Å². The lowest BCUT2D eigenvalue weighted by Crippen LogP contribution is -2.53. The first-order chi connectivity index (χ1) is 9.22. The molecule has 0 radical (unpaired) electrons. The topological polar surface area (TPSA) is 41.6 Å². The van der Waals surface area contributed by atoms with E-state index in [9.17, 15) is 4.79 Å². The molecule has 2 fully saturated rings. The van der Waals surface area contributed by atoms with Gasteiger partial charge in [0.2, 0.25) is 0 Å². The zero-order chi connectivity index (χ0) is 13.7. The number of rotatable bonds is 4. The van der Waals surface area contributed by atoms with Crippen molar-refractivity contribution >= 4 is 6.09 Å². The number of amides is 1. The number of hydrogen-bond acceptors (Lipinski definition) is 3. The lowest BCUT2D eigenvalue weighted by molar-refractivity contribution is 0.0869. The molecule has 4 heteroatoms. The molecule has 2 aliphatic rings. The maximum atomic E-state index is 11.8. The summed E-state index contributed by atoms with van der Waals surface area (Å²) in [6, 6.07) is 1.12. The Balaban J connectivity index is 1.90. The van der Waals surface area contributed by atoms with Gasteiger partial charge in [-0.25, -0.2) is 4.79 Å². The third-order valence-corrected chi connectivity index (χ3v) is 4.49. The number of nitrogens with zero attached hydrogens (tertiary/aromatic N) is 1. The van der Waals surface area contributed by atoms with Crippen LogP contribution in [0.3, 0.4) is 0 Å². The van der Waals surface area contributed by atoms with E-state index >= 15 is 0 Å². The van der Waals surface area contributed by atoms with Gasteiger partial charge >= 0.3 is 6.09 Å². The molecule has 0 aromatic carbocycles.